The summed E-state index contributed by atoms with van der Waals surface area (Å²) in [4.78, 5) is 11.0. The monoisotopic (exact) mass is 239 g/mol. The average Bonchev–Trinajstić information content (AvgIpc) is 2.73. The summed E-state index contributed by atoms with van der Waals surface area (Å²) in [5.41, 5.74) is 4.88. The van der Waals surface area contributed by atoms with Crippen molar-refractivity contribution in [3.63, 3.8) is 0 Å². The van der Waals surface area contributed by atoms with E-state index in [1.54, 1.807) is 16.9 Å². The molecule has 1 aliphatic heterocycles. The molecule has 0 fully saturated rings. The third kappa shape index (κ3) is 2.20. The molecule has 2 heterocycles. The Morgan fingerprint density at radius 3 is 3.00 bits per heavy atom. The van der Waals surface area contributed by atoms with Crippen LogP contribution < -0.4 is 10.5 Å². The van der Waals surface area contributed by atoms with Crippen LogP contribution in [0.1, 0.15) is 26.8 Å². The number of ether oxygens (including phenoxy) is 2. The molecular formula is C11H17N3O3. The molecule has 0 spiro atoms. The number of carbonyl (C=O) groups excluding carboxylic acids is 1. The van der Waals surface area contributed by atoms with Crippen molar-refractivity contribution in [2.24, 2.45) is 11.1 Å². The molecule has 0 aromatic carbocycles. The maximum Gasteiger partial charge on any atom is 0.404 e. The first-order chi connectivity index (χ1) is 7.89. The molecule has 2 N–H and O–H groups in total. The lowest BCUT2D eigenvalue weighted by Crippen LogP contribution is -2.41. The highest BCUT2D eigenvalue weighted by Crippen LogP contribution is 2.36. The highest BCUT2D eigenvalue weighted by molar-refractivity contribution is 5.65. The van der Waals surface area contributed by atoms with Crippen molar-refractivity contribution in [3.05, 3.63) is 12.3 Å². The number of carbonyl (C=O) groups is 1. The largest absolute Gasteiger partial charge is 0.475 e. The molecule has 1 aliphatic rings. The SMILES string of the molecule is CC(C)(C)C(OC(N)=O)C1COc2ccnn21. The lowest BCUT2D eigenvalue weighted by molar-refractivity contribution is -0.00242. The van der Waals surface area contributed by atoms with E-state index >= 15 is 0 Å². The molecule has 94 valence electrons. The predicted molar refractivity (Wildman–Crippen MR) is 60.7 cm³/mol. The van der Waals surface area contributed by atoms with Gasteiger partial charge in [0.1, 0.15) is 18.8 Å². The fourth-order valence-corrected chi connectivity index (χ4v) is 2.08. The van der Waals surface area contributed by atoms with Gasteiger partial charge in [-0.15, -0.1) is 0 Å². The van der Waals surface area contributed by atoms with Crippen molar-refractivity contribution >= 4 is 6.09 Å². The molecule has 2 atom stereocenters. The first kappa shape index (κ1) is 11.8. The number of hydrogen-bond donors (Lipinski definition) is 1. The Bertz CT molecular complexity index is 422. The second-order valence-corrected chi connectivity index (χ2v) is 5.22. The maximum absolute atomic E-state index is 11.0. The Kier molecular flexibility index (Phi) is 2.73. The number of nitrogens with zero attached hydrogens (tertiary/aromatic N) is 2. The molecule has 1 aromatic heterocycles. The maximum atomic E-state index is 11.0. The van der Waals surface area contributed by atoms with Crippen LogP contribution >= 0.6 is 0 Å². The summed E-state index contributed by atoms with van der Waals surface area (Å²) in [6.07, 6.45) is 0.512. The molecule has 1 aromatic rings. The van der Waals surface area contributed by atoms with Gasteiger partial charge in [-0.3, -0.25) is 0 Å². The van der Waals surface area contributed by atoms with Crippen molar-refractivity contribution in [1.29, 1.82) is 0 Å². The van der Waals surface area contributed by atoms with Crippen LogP contribution in [0.3, 0.4) is 0 Å². The topological polar surface area (TPSA) is 79.4 Å². The third-order valence-electron chi connectivity index (χ3n) is 2.80. The van der Waals surface area contributed by atoms with Gasteiger partial charge in [0.2, 0.25) is 5.88 Å². The van der Waals surface area contributed by atoms with Crippen LogP contribution in [0, 0.1) is 5.41 Å². The van der Waals surface area contributed by atoms with Crippen LogP contribution in [0.5, 0.6) is 5.88 Å². The van der Waals surface area contributed by atoms with Gasteiger partial charge in [-0.2, -0.15) is 5.10 Å². The summed E-state index contributed by atoms with van der Waals surface area (Å²) in [6, 6.07) is 1.65. The number of nitrogens with two attached hydrogens (primary N) is 1. The lowest BCUT2D eigenvalue weighted by Gasteiger charge is -2.33. The van der Waals surface area contributed by atoms with E-state index in [4.69, 9.17) is 15.2 Å². The quantitative estimate of drug-likeness (QED) is 0.844. The van der Waals surface area contributed by atoms with Crippen LogP contribution in [-0.2, 0) is 4.74 Å². The molecule has 0 radical (unpaired) electrons. The molecule has 6 nitrogen and oxygen atoms in total. The van der Waals surface area contributed by atoms with Crippen LogP contribution in [0.15, 0.2) is 12.3 Å². The first-order valence-corrected chi connectivity index (χ1v) is 5.52. The fraction of sp³-hybridized carbons (Fsp3) is 0.636. The summed E-state index contributed by atoms with van der Waals surface area (Å²) >= 11 is 0. The molecule has 0 saturated carbocycles. The minimum absolute atomic E-state index is 0.132. The molecule has 0 saturated heterocycles. The Morgan fingerprint density at radius 1 is 1.71 bits per heavy atom. The van der Waals surface area contributed by atoms with Gasteiger partial charge in [-0.05, 0) is 0 Å². The minimum Gasteiger partial charge on any atom is -0.475 e. The van der Waals surface area contributed by atoms with Gasteiger partial charge in [0, 0.05) is 11.5 Å². The van der Waals surface area contributed by atoms with E-state index in [9.17, 15) is 4.79 Å². The molecule has 2 unspecified atom stereocenters. The van der Waals surface area contributed by atoms with Gasteiger partial charge >= 0.3 is 6.09 Å². The van der Waals surface area contributed by atoms with E-state index in [0.717, 1.165) is 0 Å². The zero-order valence-electron chi connectivity index (χ0n) is 10.2. The third-order valence-corrected chi connectivity index (χ3v) is 2.80. The smallest absolute Gasteiger partial charge is 0.404 e. The van der Waals surface area contributed by atoms with Gasteiger partial charge < -0.3 is 15.2 Å². The van der Waals surface area contributed by atoms with Crippen LogP contribution in [0.2, 0.25) is 0 Å². The van der Waals surface area contributed by atoms with Crippen molar-refractivity contribution < 1.29 is 14.3 Å². The Balaban J connectivity index is 2.26. The molecule has 2 rings (SSSR count). The van der Waals surface area contributed by atoms with Gasteiger partial charge in [0.15, 0.2) is 0 Å². The summed E-state index contributed by atoms with van der Waals surface area (Å²) in [5.74, 6) is 0.692. The van der Waals surface area contributed by atoms with Crippen molar-refractivity contribution in [1.82, 2.24) is 9.78 Å². The predicted octanol–water partition coefficient (Wildman–Crippen LogP) is 1.33. The molecule has 6 heteroatoms. The number of hydrogen-bond acceptors (Lipinski definition) is 4. The lowest BCUT2D eigenvalue weighted by atomic mass is 9.85. The molecule has 0 bridgehead atoms. The minimum atomic E-state index is -0.773. The van der Waals surface area contributed by atoms with Crippen molar-refractivity contribution in [2.45, 2.75) is 32.9 Å². The van der Waals surface area contributed by atoms with Gasteiger partial charge in [0.05, 0.1) is 6.20 Å². The first-order valence-electron chi connectivity index (χ1n) is 5.52. The summed E-state index contributed by atoms with van der Waals surface area (Å²) in [7, 11) is 0. The van der Waals surface area contributed by atoms with Crippen molar-refractivity contribution in [2.75, 3.05) is 6.61 Å². The zero-order valence-corrected chi connectivity index (χ0v) is 10.2. The number of rotatable bonds is 2. The van der Waals surface area contributed by atoms with Gasteiger partial charge in [0.25, 0.3) is 0 Å². The van der Waals surface area contributed by atoms with E-state index in [-0.39, 0.29) is 17.6 Å². The van der Waals surface area contributed by atoms with E-state index in [1.807, 2.05) is 20.8 Å². The Hall–Kier alpha value is -1.72. The average molecular weight is 239 g/mol. The van der Waals surface area contributed by atoms with Crippen LogP contribution in [-0.4, -0.2) is 28.6 Å². The van der Waals surface area contributed by atoms with Crippen molar-refractivity contribution in [3.8, 4) is 5.88 Å². The molecule has 1 amide bonds. The van der Waals surface area contributed by atoms with E-state index < -0.39 is 6.09 Å². The number of amides is 1. The molecule has 0 aliphatic carbocycles. The number of primary amides is 1. The highest BCUT2D eigenvalue weighted by atomic mass is 16.6. The van der Waals surface area contributed by atoms with E-state index in [2.05, 4.69) is 5.10 Å². The van der Waals surface area contributed by atoms with E-state index in [0.29, 0.717) is 12.5 Å². The standard InChI is InChI=1S/C11H17N3O3/c1-11(2,3)9(17-10(12)15)7-6-16-8-4-5-13-14(7)8/h4-5,7,9H,6H2,1-3H3,(H2,12,15). The van der Waals surface area contributed by atoms with Gasteiger partial charge in [-0.1, -0.05) is 20.8 Å². The normalized spacial score (nSPS) is 20.5. The molecular weight excluding hydrogens is 222 g/mol. The number of fused-ring (bicyclic) bond motifs is 1. The molecule has 17 heavy (non-hydrogen) atoms. The zero-order chi connectivity index (χ0) is 12.6. The number of aromatic nitrogens is 2. The van der Waals surface area contributed by atoms with Crippen LogP contribution in [0.4, 0.5) is 4.79 Å². The Labute approximate surface area is 99.7 Å². The van der Waals surface area contributed by atoms with Gasteiger partial charge in [-0.25, -0.2) is 9.48 Å². The fourth-order valence-electron chi connectivity index (χ4n) is 2.08. The van der Waals surface area contributed by atoms with E-state index in [1.165, 1.54) is 0 Å². The Morgan fingerprint density at radius 2 is 2.41 bits per heavy atom. The highest BCUT2D eigenvalue weighted by Gasteiger charge is 2.41. The summed E-state index contributed by atoms with van der Waals surface area (Å²) in [5, 5.41) is 4.18. The second kappa shape index (κ2) is 3.94. The van der Waals surface area contributed by atoms with Crippen LogP contribution in [0.25, 0.3) is 0 Å². The summed E-state index contributed by atoms with van der Waals surface area (Å²) in [6.45, 7) is 6.41. The summed E-state index contributed by atoms with van der Waals surface area (Å²) < 4.78 is 12.4. The second-order valence-electron chi connectivity index (χ2n) is 5.22.